The molecule has 0 saturated carbocycles. The molecular weight excluding hydrogens is 496 g/mol. The highest BCUT2D eigenvalue weighted by atomic mass is 79.9. The summed E-state index contributed by atoms with van der Waals surface area (Å²) < 4.78 is 11.4. The molecule has 1 heterocycles. The second kappa shape index (κ2) is 10.5. The Kier molecular flexibility index (Phi) is 7.72. The molecule has 0 N–H and O–H groups in total. The minimum Gasteiger partial charge on any atom is -0.488 e. The van der Waals surface area contributed by atoms with Gasteiger partial charge >= 0.3 is 5.97 Å². The van der Waals surface area contributed by atoms with E-state index in [9.17, 15) is 19.6 Å². The monoisotopic (exact) mass is 514 g/mol. The molecule has 1 unspecified atom stereocenters. The molecule has 2 aromatic carbocycles. The molecular formula is C23H19BrN2O5S. The number of carbonyl (C=O) groups is 3. The number of nitriles is 1. The molecule has 0 aromatic heterocycles. The number of imide groups is 1. The van der Waals surface area contributed by atoms with Crippen molar-refractivity contribution in [1.29, 1.82) is 5.26 Å². The molecule has 9 heteroatoms. The van der Waals surface area contributed by atoms with E-state index < -0.39 is 23.2 Å². The van der Waals surface area contributed by atoms with Crippen molar-refractivity contribution in [3.8, 4) is 11.8 Å². The molecule has 3 rings (SSSR count). The Morgan fingerprint density at radius 2 is 2.03 bits per heavy atom. The van der Waals surface area contributed by atoms with Crippen LogP contribution in [0, 0.1) is 11.3 Å². The van der Waals surface area contributed by atoms with Gasteiger partial charge in [0, 0.05) is 5.56 Å². The zero-order valence-corrected chi connectivity index (χ0v) is 19.7. The number of benzene rings is 2. The van der Waals surface area contributed by atoms with E-state index in [0.29, 0.717) is 21.3 Å². The predicted octanol–water partition coefficient (Wildman–Crippen LogP) is 4.89. The molecule has 7 nitrogen and oxygen atoms in total. The Morgan fingerprint density at radius 1 is 1.28 bits per heavy atom. The summed E-state index contributed by atoms with van der Waals surface area (Å²) >= 11 is 4.23. The number of hydrogen-bond donors (Lipinski definition) is 0. The molecule has 0 aliphatic carbocycles. The van der Waals surface area contributed by atoms with E-state index in [1.807, 2.05) is 12.1 Å². The number of carbonyl (C=O) groups excluding carboxylic acids is 3. The smallest absolute Gasteiger partial charge is 0.329 e. The van der Waals surface area contributed by atoms with Gasteiger partial charge in [-0.1, -0.05) is 24.3 Å². The lowest BCUT2D eigenvalue weighted by Crippen LogP contribution is -2.42. The molecule has 0 radical (unpaired) electrons. The Balaban J connectivity index is 1.73. The predicted molar refractivity (Wildman–Crippen MR) is 124 cm³/mol. The second-order valence-corrected chi connectivity index (χ2v) is 8.57. The van der Waals surface area contributed by atoms with E-state index in [0.717, 1.165) is 22.2 Å². The minimum atomic E-state index is -0.993. The fraction of sp³-hybridized carbons (Fsp3) is 0.217. The highest BCUT2D eigenvalue weighted by molar-refractivity contribution is 9.10. The van der Waals surface area contributed by atoms with Crippen LogP contribution in [0.2, 0.25) is 0 Å². The molecule has 1 saturated heterocycles. The van der Waals surface area contributed by atoms with Crippen molar-refractivity contribution in [3.63, 3.8) is 0 Å². The number of amides is 2. The van der Waals surface area contributed by atoms with E-state index in [4.69, 9.17) is 9.47 Å². The summed E-state index contributed by atoms with van der Waals surface area (Å²) in [5.74, 6) is -0.595. The average Bonchev–Trinajstić information content (AvgIpc) is 3.05. The van der Waals surface area contributed by atoms with Crippen LogP contribution in [-0.4, -0.2) is 34.7 Å². The Bertz CT molecular complexity index is 1140. The Labute approximate surface area is 198 Å². The van der Waals surface area contributed by atoms with Gasteiger partial charge in [0.2, 0.25) is 0 Å². The van der Waals surface area contributed by atoms with E-state index in [1.54, 1.807) is 43.3 Å². The molecule has 1 aliphatic rings. The third kappa shape index (κ3) is 5.21. The Hall–Kier alpha value is -3.09. The first-order chi connectivity index (χ1) is 15.3. The molecule has 2 aromatic rings. The third-order valence-corrected chi connectivity index (χ3v) is 6.12. The lowest BCUT2D eigenvalue weighted by Gasteiger charge is -2.19. The van der Waals surface area contributed by atoms with Crippen LogP contribution in [0.5, 0.6) is 5.75 Å². The van der Waals surface area contributed by atoms with Crippen LogP contribution in [-0.2, 0) is 20.9 Å². The van der Waals surface area contributed by atoms with Crippen LogP contribution in [0.1, 0.15) is 30.5 Å². The van der Waals surface area contributed by atoms with Crippen LogP contribution >= 0.6 is 27.7 Å². The SMILES string of the molecule is CCOC(=O)C(C)N1C(=O)S/C(=C/c2ccc(OCc3ccccc3C#N)c(Br)c2)C1=O. The summed E-state index contributed by atoms with van der Waals surface area (Å²) in [4.78, 5) is 38.0. The zero-order valence-electron chi connectivity index (χ0n) is 17.3. The molecule has 1 atom stereocenters. The standard InChI is InChI=1S/C23H19BrN2O5S/c1-3-30-22(28)14(2)26-21(27)20(32-23(26)29)11-15-8-9-19(18(24)10-15)31-13-17-7-5-4-6-16(17)12-25/h4-11,14H,3,13H2,1-2H3/b20-11+. The zero-order chi connectivity index (χ0) is 23.3. The van der Waals surface area contributed by atoms with Crippen LogP contribution in [0.15, 0.2) is 51.8 Å². The normalized spacial score (nSPS) is 15.6. The van der Waals surface area contributed by atoms with Crippen molar-refractivity contribution in [1.82, 2.24) is 4.90 Å². The number of esters is 1. The largest absolute Gasteiger partial charge is 0.488 e. The molecule has 2 amide bonds. The number of thioether (sulfide) groups is 1. The summed E-state index contributed by atoms with van der Waals surface area (Å²) in [6.07, 6.45) is 1.59. The first kappa shape index (κ1) is 23.6. The lowest BCUT2D eigenvalue weighted by atomic mass is 10.1. The number of nitrogens with zero attached hydrogens (tertiary/aromatic N) is 2. The fourth-order valence-corrected chi connectivity index (χ4v) is 4.39. The molecule has 164 valence electrons. The lowest BCUT2D eigenvalue weighted by molar-refractivity contribution is -0.150. The maximum atomic E-state index is 12.7. The first-order valence-corrected chi connectivity index (χ1v) is 11.3. The van der Waals surface area contributed by atoms with Crippen molar-refractivity contribution < 1.29 is 23.9 Å². The first-order valence-electron chi connectivity index (χ1n) is 9.69. The van der Waals surface area contributed by atoms with Gasteiger partial charge < -0.3 is 9.47 Å². The van der Waals surface area contributed by atoms with Gasteiger partial charge in [-0.25, -0.2) is 4.79 Å². The van der Waals surface area contributed by atoms with Gasteiger partial charge in [0.25, 0.3) is 11.1 Å². The van der Waals surface area contributed by atoms with Gasteiger partial charge in [0.05, 0.1) is 27.6 Å². The summed E-state index contributed by atoms with van der Waals surface area (Å²) in [5, 5.41) is 8.67. The maximum absolute atomic E-state index is 12.7. The number of halogens is 1. The summed E-state index contributed by atoms with van der Waals surface area (Å²) in [6, 6.07) is 13.6. The quantitative estimate of drug-likeness (QED) is 0.383. The maximum Gasteiger partial charge on any atom is 0.329 e. The molecule has 1 aliphatic heterocycles. The van der Waals surface area contributed by atoms with Gasteiger partial charge in [-0.3, -0.25) is 14.5 Å². The molecule has 1 fully saturated rings. The number of hydrogen-bond acceptors (Lipinski definition) is 7. The van der Waals surface area contributed by atoms with Crippen molar-refractivity contribution in [2.24, 2.45) is 0 Å². The molecule has 0 bridgehead atoms. The minimum absolute atomic E-state index is 0.166. The number of ether oxygens (including phenoxy) is 2. The molecule has 32 heavy (non-hydrogen) atoms. The van der Waals surface area contributed by atoms with Crippen molar-refractivity contribution in [2.75, 3.05) is 6.61 Å². The van der Waals surface area contributed by atoms with Gasteiger partial charge in [-0.05, 0) is 71.4 Å². The van der Waals surface area contributed by atoms with Crippen molar-refractivity contribution >= 4 is 50.9 Å². The van der Waals surface area contributed by atoms with Crippen molar-refractivity contribution in [3.05, 3.63) is 68.5 Å². The second-order valence-electron chi connectivity index (χ2n) is 6.73. The van der Waals surface area contributed by atoms with E-state index in [2.05, 4.69) is 22.0 Å². The van der Waals surface area contributed by atoms with Gasteiger partial charge in [0.15, 0.2) is 0 Å². The molecule has 0 spiro atoms. The van der Waals surface area contributed by atoms with Crippen LogP contribution in [0.3, 0.4) is 0 Å². The van der Waals surface area contributed by atoms with Crippen LogP contribution in [0.4, 0.5) is 4.79 Å². The number of rotatable bonds is 7. The van der Waals surface area contributed by atoms with E-state index >= 15 is 0 Å². The van der Waals surface area contributed by atoms with Crippen molar-refractivity contribution in [2.45, 2.75) is 26.5 Å². The highest BCUT2D eigenvalue weighted by Gasteiger charge is 2.41. The van der Waals surface area contributed by atoms with Crippen LogP contribution < -0.4 is 4.74 Å². The van der Waals surface area contributed by atoms with Gasteiger partial charge in [-0.15, -0.1) is 0 Å². The summed E-state index contributed by atoms with van der Waals surface area (Å²) in [6.45, 7) is 3.52. The fourth-order valence-electron chi connectivity index (χ4n) is 2.97. The summed E-state index contributed by atoms with van der Waals surface area (Å²) in [7, 11) is 0. The van der Waals surface area contributed by atoms with E-state index in [1.165, 1.54) is 6.92 Å². The van der Waals surface area contributed by atoms with Gasteiger partial charge in [-0.2, -0.15) is 5.26 Å². The van der Waals surface area contributed by atoms with Crippen LogP contribution in [0.25, 0.3) is 6.08 Å². The van der Waals surface area contributed by atoms with E-state index in [-0.39, 0.29) is 18.1 Å². The topological polar surface area (TPSA) is 96.7 Å². The Morgan fingerprint density at radius 3 is 2.72 bits per heavy atom. The van der Waals surface area contributed by atoms with Gasteiger partial charge in [0.1, 0.15) is 18.4 Å². The average molecular weight is 515 g/mol. The summed E-state index contributed by atoms with van der Waals surface area (Å²) in [5.41, 5.74) is 2.00. The third-order valence-electron chi connectivity index (χ3n) is 4.61. The highest BCUT2D eigenvalue weighted by Crippen LogP contribution is 2.35.